The van der Waals surface area contributed by atoms with Gasteiger partial charge in [-0.05, 0) is 42.0 Å². The standard InChI is InChI=1S/C16H25N5O3/c1-24-14(22)11-13-5-9-20(10-6-13)15(23)16(7-3-2-4-8-16)21-12-17-18-19-21/h12-13H,2-11H2,1H3. The number of methoxy groups -OCH3 is 1. The molecule has 132 valence electrons. The summed E-state index contributed by atoms with van der Waals surface area (Å²) in [6, 6.07) is 0. The molecule has 3 rings (SSSR count). The van der Waals surface area contributed by atoms with Crippen LogP contribution in [-0.4, -0.2) is 57.2 Å². The molecule has 1 aromatic rings. The molecular weight excluding hydrogens is 310 g/mol. The van der Waals surface area contributed by atoms with E-state index in [0.29, 0.717) is 25.4 Å². The van der Waals surface area contributed by atoms with Gasteiger partial charge < -0.3 is 9.64 Å². The minimum atomic E-state index is -0.628. The zero-order chi connectivity index (χ0) is 17.0. The highest BCUT2D eigenvalue weighted by Crippen LogP contribution is 2.37. The number of rotatable bonds is 4. The summed E-state index contributed by atoms with van der Waals surface area (Å²) in [5.41, 5.74) is -0.628. The molecule has 1 saturated heterocycles. The predicted octanol–water partition coefficient (Wildman–Crippen LogP) is 1.13. The summed E-state index contributed by atoms with van der Waals surface area (Å²) in [4.78, 5) is 26.6. The summed E-state index contributed by atoms with van der Waals surface area (Å²) in [5, 5.41) is 11.5. The SMILES string of the molecule is COC(=O)CC1CCN(C(=O)C2(n3cnnn3)CCCCC2)CC1. The molecule has 0 unspecified atom stereocenters. The Balaban J connectivity index is 1.68. The van der Waals surface area contributed by atoms with Gasteiger partial charge in [-0.3, -0.25) is 9.59 Å². The Labute approximate surface area is 141 Å². The first-order valence-electron chi connectivity index (χ1n) is 8.75. The van der Waals surface area contributed by atoms with E-state index in [1.807, 2.05) is 4.90 Å². The van der Waals surface area contributed by atoms with Crippen molar-refractivity contribution in [3.63, 3.8) is 0 Å². The van der Waals surface area contributed by atoms with Gasteiger partial charge in [0.1, 0.15) is 11.9 Å². The second-order valence-electron chi connectivity index (χ2n) is 6.86. The van der Waals surface area contributed by atoms with Crippen molar-refractivity contribution in [1.29, 1.82) is 0 Å². The van der Waals surface area contributed by atoms with Crippen LogP contribution in [0.3, 0.4) is 0 Å². The first kappa shape index (κ1) is 16.9. The Kier molecular flexibility index (Phi) is 5.11. The first-order valence-corrected chi connectivity index (χ1v) is 8.75. The van der Waals surface area contributed by atoms with Gasteiger partial charge in [0, 0.05) is 19.5 Å². The van der Waals surface area contributed by atoms with E-state index < -0.39 is 5.54 Å². The molecule has 2 aliphatic rings. The van der Waals surface area contributed by atoms with Crippen LogP contribution in [0.1, 0.15) is 51.4 Å². The number of nitrogens with zero attached hydrogens (tertiary/aromatic N) is 5. The third-order valence-electron chi connectivity index (χ3n) is 5.45. The molecule has 1 saturated carbocycles. The number of esters is 1. The lowest BCUT2D eigenvalue weighted by molar-refractivity contribution is -0.146. The van der Waals surface area contributed by atoms with E-state index in [-0.39, 0.29) is 11.9 Å². The molecule has 2 heterocycles. The fraction of sp³-hybridized carbons (Fsp3) is 0.812. The third kappa shape index (κ3) is 3.27. The highest BCUT2D eigenvalue weighted by atomic mass is 16.5. The molecule has 24 heavy (non-hydrogen) atoms. The van der Waals surface area contributed by atoms with Crippen LogP contribution >= 0.6 is 0 Å². The van der Waals surface area contributed by atoms with Crippen LogP contribution in [0.4, 0.5) is 0 Å². The monoisotopic (exact) mass is 335 g/mol. The van der Waals surface area contributed by atoms with Crippen molar-refractivity contribution in [1.82, 2.24) is 25.1 Å². The Hall–Kier alpha value is -1.99. The molecular formula is C16H25N5O3. The lowest BCUT2D eigenvalue weighted by atomic mass is 9.80. The predicted molar refractivity (Wildman–Crippen MR) is 84.8 cm³/mol. The number of hydrogen-bond acceptors (Lipinski definition) is 6. The minimum Gasteiger partial charge on any atom is -0.469 e. The quantitative estimate of drug-likeness (QED) is 0.766. The molecule has 0 radical (unpaired) electrons. The largest absolute Gasteiger partial charge is 0.469 e. The summed E-state index contributed by atoms with van der Waals surface area (Å²) < 4.78 is 6.40. The summed E-state index contributed by atoms with van der Waals surface area (Å²) >= 11 is 0. The van der Waals surface area contributed by atoms with Gasteiger partial charge in [0.15, 0.2) is 0 Å². The Morgan fingerprint density at radius 2 is 1.92 bits per heavy atom. The zero-order valence-electron chi connectivity index (χ0n) is 14.2. The number of aromatic nitrogens is 4. The van der Waals surface area contributed by atoms with Crippen LogP contribution in [0.2, 0.25) is 0 Å². The Morgan fingerprint density at radius 3 is 2.50 bits per heavy atom. The molecule has 0 aromatic carbocycles. The fourth-order valence-corrected chi connectivity index (χ4v) is 3.99. The molecule has 0 N–H and O–H groups in total. The lowest BCUT2D eigenvalue weighted by Gasteiger charge is -2.41. The maximum Gasteiger partial charge on any atom is 0.305 e. The van der Waals surface area contributed by atoms with Gasteiger partial charge in [0.2, 0.25) is 0 Å². The van der Waals surface area contributed by atoms with E-state index in [1.165, 1.54) is 7.11 Å². The molecule has 0 bridgehead atoms. The molecule has 8 heteroatoms. The summed E-state index contributed by atoms with van der Waals surface area (Å²) in [5.74, 6) is 0.264. The van der Waals surface area contributed by atoms with Gasteiger partial charge in [0.05, 0.1) is 7.11 Å². The Bertz CT molecular complexity index is 560. The number of hydrogen-bond donors (Lipinski definition) is 0. The van der Waals surface area contributed by atoms with E-state index in [2.05, 4.69) is 15.5 Å². The van der Waals surface area contributed by atoms with Crippen molar-refractivity contribution in [2.45, 2.75) is 56.9 Å². The topological polar surface area (TPSA) is 90.2 Å². The Morgan fingerprint density at radius 1 is 1.21 bits per heavy atom. The molecule has 0 atom stereocenters. The maximum absolute atomic E-state index is 13.3. The average molecular weight is 335 g/mol. The normalized spacial score (nSPS) is 21.5. The molecule has 2 fully saturated rings. The summed E-state index contributed by atoms with van der Waals surface area (Å²) in [6.45, 7) is 1.37. The van der Waals surface area contributed by atoms with E-state index in [9.17, 15) is 9.59 Å². The molecule has 1 aliphatic carbocycles. The lowest BCUT2D eigenvalue weighted by Crippen LogP contribution is -2.54. The third-order valence-corrected chi connectivity index (χ3v) is 5.45. The van der Waals surface area contributed by atoms with Crippen molar-refractivity contribution in [2.75, 3.05) is 20.2 Å². The zero-order valence-corrected chi connectivity index (χ0v) is 14.2. The molecule has 1 aromatic heterocycles. The molecule has 1 amide bonds. The highest BCUT2D eigenvalue weighted by molar-refractivity contribution is 5.84. The van der Waals surface area contributed by atoms with Crippen LogP contribution < -0.4 is 0 Å². The summed E-state index contributed by atoms with van der Waals surface area (Å²) in [6.07, 6.45) is 8.45. The van der Waals surface area contributed by atoms with Gasteiger partial charge in [-0.2, -0.15) is 0 Å². The number of ether oxygens (including phenoxy) is 1. The fourth-order valence-electron chi connectivity index (χ4n) is 3.99. The average Bonchev–Trinajstić information content (AvgIpc) is 3.17. The van der Waals surface area contributed by atoms with Crippen LogP contribution in [0.15, 0.2) is 6.33 Å². The molecule has 8 nitrogen and oxygen atoms in total. The molecule has 0 spiro atoms. The van der Waals surface area contributed by atoms with Crippen LogP contribution in [0, 0.1) is 5.92 Å². The minimum absolute atomic E-state index is 0.131. The van der Waals surface area contributed by atoms with Gasteiger partial charge >= 0.3 is 5.97 Å². The second-order valence-corrected chi connectivity index (χ2v) is 6.86. The van der Waals surface area contributed by atoms with Gasteiger partial charge in [0.25, 0.3) is 5.91 Å². The smallest absolute Gasteiger partial charge is 0.305 e. The van der Waals surface area contributed by atoms with E-state index in [0.717, 1.165) is 44.9 Å². The van der Waals surface area contributed by atoms with E-state index in [4.69, 9.17) is 4.74 Å². The number of piperidine rings is 1. The maximum atomic E-state index is 13.3. The van der Waals surface area contributed by atoms with Crippen LogP contribution in [-0.2, 0) is 19.9 Å². The van der Waals surface area contributed by atoms with Crippen molar-refractivity contribution < 1.29 is 14.3 Å². The van der Waals surface area contributed by atoms with Crippen molar-refractivity contribution in [3.8, 4) is 0 Å². The van der Waals surface area contributed by atoms with Gasteiger partial charge in [-0.1, -0.05) is 19.3 Å². The summed E-state index contributed by atoms with van der Waals surface area (Å²) in [7, 11) is 1.42. The number of tetrazole rings is 1. The van der Waals surface area contributed by atoms with Gasteiger partial charge in [-0.25, -0.2) is 4.68 Å². The van der Waals surface area contributed by atoms with Crippen molar-refractivity contribution >= 4 is 11.9 Å². The number of carbonyl (C=O) groups is 2. The number of amides is 1. The van der Waals surface area contributed by atoms with Crippen LogP contribution in [0.5, 0.6) is 0 Å². The molecule has 1 aliphatic heterocycles. The second kappa shape index (κ2) is 7.27. The van der Waals surface area contributed by atoms with Gasteiger partial charge in [-0.15, -0.1) is 5.10 Å². The number of carbonyl (C=O) groups excluding carboxylic acids is 2. The van der Waals surface area contributed by atoms with E-state index >= 15 is 0 Å². The highest BCUT2D eigenvalue weighted by Gasteiger charge is 2.45. The van der Waals surface area contributed by atoms with E-state index in [1.54, 1.807) is 11.0 Å². The first-order chi connectivity index (χ1) is 11.7. The number of likely N-dealkylation sites (tertiary alicyclic amines) is 1. The van der Waals surface area contributed by atoms with Crippen LogP contribution in [0.25, 0.3) is 0 Å². The van der Waals surface area contributed by atoms with Crippen molar-refractivity contribution in [3.05, 3.63) is 6.33 Å². The van der Waals surface area contributed by atoms with Crippen molar-refractivity contribution in [2.24, 2.45) is 5.92 Å².